The first-order valence-electron chi connectivity index (χ1n) is 6.43. The molecule has 1 amide bonds. The van der Waals surface area contributed by atoms with Crippen LogP contribution >= 0.6 is 11.3 Å². The van der Waals surface area contributed by atoms with Crippen molar-refractivity contribution in [1.82, 2.24) is 20.1 Å². The minimum absolute atomic E-state index is 0.0321. The average Bonchev–Trinajstić information content (AvgIpc) is 3.02. The van der Waals surface area contributed by atoms with E-state index < -0.39 is 0 Å². The molecule has 100 valence electrons. The summed E-state index contributed by atoms with van der Waals surface area (Å²) in [6.07, 6.45) is 2.10. The van der Waals surface area contributed by atoms with Crippen molar-refractivity contribution in [2.24, 2.45) is 0 Å². The van der Waals surface area contributed by atoms with Gasteiger partial charge < -0.3 is 9.88 Å². The Morgan fingerprint density at radius 2 is 2.37 bits per heavy atom. The molecule has 0 saturated carbocycles. The Hall–Kier alpha value is -1.69. The quantitative estimate of drug-likeness (QED) is 0.933. The molecule has 0 aliphatic carbocycles. The van der Waals surface area contributed by atoms with Gasteiger partial charge in [0.1, 0.15) is 5.82 Å². The van der Waals surface area contributed by atoms with Gasteiger partial charge in [-0.25, -0.2) is 0 Å². The largest absolute Gasteiger partial charge is 0.342 e. The number of nitrogens with zero attached hydrogens (tertiary/aromatic N) is 3. The van der Waals surface area contributed by atoms with Crippen LogP contribution in [0.3, 0.4) is 0 Å². The molecule has 6 heteroatoms. The smallest absolute Gasteiger partial charge is 0.262 e. The van der Waals surface area contributed by atoms with Crippen molar-refractivity contribution in [3.8, 4) is 0 Å². The normalized spacial score (nSPS) is 15.3. The van der Waals surface area contributed by atoms with Gasteiger partial charge in [0, 0.05) is 13.0 Å². The summed E-state index contributed by atoms with van der Waals surface area (Å²) in [6.45, 7) is 4.86. The lowest BCUT2D eigenvalue weighted by Crippen LogP contribution is -2.28. The van der Waals surface area contributed by atoms with Gasteiger partial charge in [-0.2, -0.15) is 0 Å². The standard InChI is InChI=1S/C13H16N4OS/c1-8-5-7-19-11(8)13(18)14-9(2)12-16-15-10-4-3-6-17(10)12/h5,7,9H,3-4,6H2,1-2H3,(H,14,18). The molecule has 2 aromatic rings. The van der Waals surface area contributed by atoms with Gasteiger partial charge in [0.15, 0.2) is 5.82 Å². The van der Waals surface area contributed by atoms with Crippen molar-refractivity contribution < 1.29 is 4.79 Å². The molecular formula is C13H16N4OS. The summed E-state index contributed by atoms with van der Waals surface area (Å²) in [5.74, 6) is 1.86. The predicted octanol–water partition coefficient (Wildman–Crippen LogP) is 2.09. The highest BCUT2D eigenvalue weighted by molar-refractivity contribution is 7.12. The SMILES string of the molecule is Cc1ccsc1C(=O)NC(C)c1nnc2n1CCC2. The first-order chi connectivity index (χ1) is 9.16. The lowest BCUT2D eigenvalue weighted by molar-refractivity contribution is 0.0941. The van der Waals surface area contributed by atoms with Crippen LogP contribution in [0, 0.1) is 6.92 Å². The van der Waals surface area contributed by atoms with Crippen molar-refractivity contribution in [2.45, 2.75) is 39.3 Å². The maximum absolute atomic E-state index is 12.2. The number of nitrogens with one attached hydrogen (secondary N) is 1. The summed E-state index contributed by atoms with van der Waals surface area (Å²) in [5.41, 5.74) is 1.01. The molecule has 0 radical (unpaired) electrons. The summed E-state index contributed by atoms with van der Waals surface area (Å²) in [6, 6.07) is 1.84. The number of hydrogen-bond acceptors (Lipinski definition) is 4. The monoisotopic (exact) mass is 276 g/mol. The van der Waals surface area contributed by atoms with Crippen LogP contribution in [-0.4, -0.2) is 20.7 Å². The molecule has 5 nitrogen and oxygen atoms in total. The molecule has 2 aromatic heterocycles. The number of hydrogen-bond donors (Lipinski definition) is 1. The zero-order valence-corrected chi connectivity index (χ0v) is 11.8. The third-order valence-electron chi connectivity index (χ3n) is 3.44. The van der Waals surface area contributed by atoms with Gasteiger partial charge >= 0.3 is 0 Å². The molecule has 0 spiro atoms. The highest BCUT2D eigenvalue weighted by Gasteiger charge is 2.23. The number of carbonyl (C=O) groups excluding carboxylic acids is 1. The first-order valence-corrected chi connectivity index (χ1v) is 7.31. The maximum atomic E-state index is 12.2. The van der Waals surface area contributed by atoms with Crippen LogP contribution < -0.4 is 5.32 Å². The maximum Gasteiger partial charge on any atom is 0.262 e. The fourth-order valence-electron chi connectivity index (χ4n) is 2.43. The van der Waals surface area contributed by atoms with Crippen molar-refractivity contribution >= 4 is 17.2 Å². The number of aryl methyl sites for hydroxylation is 2. The van der Waals surface area contributed by atoms with Crippen LogP contribution in [0.5, 0.6) is 0 Å². The number of rotatable bonds is 3. The van der Waals surface area contributed by atoms with E-state index >= 15 is 0 Å². The van der Waals surface area contributed by atoms with Crippen LogP contribution in [0.1, 0.15) is 46.3 Å². The summed E-state index contributed by atoms with van der Waals surface area (Å²) in [5, 5.41) is 13.3. The molecule has 3 heterocycles. The van der Waals surface area contributed by atoms with E-state index in [0.29, 0.717) is 0 Å². The van der Waals surface area contributed by atoms with Crippen LogP contribution in [-0.2, 0) is 13.0 Å². The molecule has 1 aliphatic heterocycles. The summed E-state index contributed by atoms with van der Waals surface area (Å²) < 4.78 is 2.12. The topological polar surface area (TPSA) is 59.8 Å². The van der Waals surface area contributed by atoms with Crippen LogP contribution in [0.15, 0.2) is 11.4 Å². The number of thiophene rings is 1. The Morgan fingerprint density at radius 3 is 3.11 bits per heavy atom. The second-order valence-electron chi connectivity index (χ2n) is 4.86. The third kappa shape index (κ3) is 2.16. The summed E-state index contributed by atoms with van der Waals surface area (Å²) in [7, 11) is 0. The van der Waals surface area contributed by atoms with E-state index in [1.165, 1.54) is 11.3 Å². The van der Waals surface area contributed by atoms with E-state index in [1.807, 2.05) is 25.3 Å². The van der Waals surface area contributed by atoms with E-state index in [1.54, 1.807) is 0 Å². The molecule has 1 atom stereocenters. The zero-order chi connectivity index (χ0) is 13.4. The molecule has 3 rings (SSSR count). The van der Waals surface area contributed by atoms with Gasteiger partial charge in [0.2, 0.25) is 0 Å². The molecule has 0 fully saturated rings. The van der Waals surface area contributed by atoms with Gasteiger partial charge in [0.05, 0.1) is 10.9 Å². The number of fused-ring (bicyclic) bond motifs is 1. The zero-order valence-electron chi connectivity index (χ0n) is 11.0. The molecular weight excluding hydrogens is 260 g/mol. The Kier molecular flexibility index (Phi) is 3.10. The molecule has 0 saturated heterocycles. The molecule has 1 aliphatic rings. The van der Waals surface area contributed by atoms with Crippen molar-refractivity contribution in [3.05, 3.63) is 33.5 Å². The first kappa shape index (κ1) is 12.3. The second kappa shape index (κ2) is 4.77. The number of amides is 1. The van der Waals surface area contributed by atoms with Gasteiger partial charge in [0.25, 0.3) is 5.91 Å². The van der Waals surface area contributed by atoms with Gasteiger partial charge in [-0.1, -0.05) is 0 Å². The minimum Gasteiger partial charge on any atom is -0.342 e. The second-order valence-corrected chi connectivity index (χ2v) is 5.77. The Morgan fingerprint density at radius 1 is 1.53 bits per heavy atom. The molecule has 0 aromatic carbocycles. The van der Waals surface area contributed by atoms with Crippen LogP contribution in [0.4, 0.5) is 0 Å². The molecule has 1 N–H and O–H groups in total. The van der Waals surface area contributed by atoms with Gasteiger partial charge in [-0.3, -0.25) is 4.79 Å². The highest BCUT2D eigenvalue weighted by atomic mass is 32.1. The summed E-state index contributed by atoms with van der Waals surface area (Å²) in [4.78, 5) is 12.9. The molecule has 19 heavy (non-hydrogen) atoms. The van der Waals surface area contributed by atoms with Crippen molar-refractivity contribution in [3.63, 3.8) is 0 Å². The molecule has 1 unspecified atom stereocenters. The fraction of sp³-hybridized carbons (Fsp3) is 0.462. The average molecular weight is 276 g/mol. The Bertz CT molecular complexity index is 616. The van der Waals surface area contributed by atoms with Gasteiger partial charge in [-0.15, -0.1) is 21.5 Å². The molecule has 0 bridgehead atoms. The van der Waals surface area contributed by atoms with E-state index in [2.05, 4.69) is 20.1 Å². The Balaban J connectivity index is 1.76. The third-order valence-corrected chi connectivity index (χ3v) is 4.46. The van der Waals surface area contributed by atoms with E-state index in [9.17, 15) is 4.79 Å². The van der Waals surface area contributed by atoms with Gasteiger partial charge in [-0.05, 0) is 37.3 Å². The lowest BCUT2D eigenvalue weighted by atomic mass is 10.2. The Labute approximate surface area is 115 Å². The lowest BCUT2D eigenvalue weighted by Gasteiger charge is -2.13. The van der Waals surface area contributed by atoms with Crippen molar-refractivity contribution in [2.75, 3.05) is 0 Å². The van der Waals surface area contributed by atoms with Crippen LogP contribution in [0.2, 0.25) is 0 Å². The minimum atomic E-state index is -0.117. The van der Waals surface area contributed by atoms with E-state index in [0.717, 1.165) is 41.5 Å². The predicted molar refractivity (Wildman–Crippen MR) is 73.3 cm³/mol. The highest BCUT2D eigenvalue weighted by Crippen LogP contribution is 2.20. The van der Waals surface area contributed by atoms with Crippen LogP contribution in [0.25, 0.3) is 0 Å². The van der Waals surface area contributed by atoms with Crippen molar-refractivity contribution in [1.29, 1.82) is 0 Å². The number of carbonyl (C=O) groups is 1. The summed E-state index contributed by atoms with van der Waals surface area (Å²) >= 11 is 1.47. The number of aromatic nitrogens is 3. The van der Waals surface area contributed by atoms with E-state index in [4.69, 9.17) is 0 Å². The van der Waals surface area contributed by atoms with E-state index in [-0.39, 0.29) is 11.9 Å². The fourth-order valence-corrected chi connectivity index (χ4v) is 3.25.